The Hall–Kier alpha value is 0.490. The molecule has 0 fully saturated rings. The van der Waals surface area contributed by atoms with Gasteiger partial charge >= 0.3 is 0 Å². The van der Waals surface area contributed by atoms with E-state index in [4.69, 9.17) is 23.2 Å². The number of rotatable bonds is 7. The highest BCUT2D eigenvalue weighted by Crippen LogP contribution is 2.25. The average molecular weight is 372 g/mol. The molecule has 0 atom stereocenters. The monoisotopic (exact) mass is 371 g/mol. The van der Waals surface area contributed by atoms with E-state index >= 15 is 0 Å². The predicted molar refractivity (Wildman–Crippen MR) is 80.9 cm³/mol. The molecule has 4 heteroatoms. The summed E-state index contributed by atoms with van der Waals surface area (Å²) in [5.41, 5.74) is 1.07. The molecule has 0 aliphatic heterocycles. The Bertz CT molecular complexity index is 318. The first-order chi connectivity index (χ1) is 7.75. The van der Waals surface area contributed by atoms with E-state index in [0.717, 1.165) is 18.7 Å². The summed E-state index contributed by atoms with van der Waals surface area (Å²) in [5.74, 6) is 0. The van der Waals surface area contributed by atoms with Crippen molar-refractivity contribution in [2.45, 2.75) is 25.8 Å². The van der Waals surface area contributed by atoms with Crippen molar-refractivity contribution in [2.75, 3.05) is 11.0 Å². The SMILES string of the molecule is Clc1cccc(CNCCCCCI)c1Cl. The molecule has 90 valence electrons. The van der Waals surface area contributed by atoms with E-state index in [1.807, 2.05) is 18.2 Å². The largest absolute Gasteiger partial charge is 0.313 e. The molecule has 0 spiro atoms. The molecule has 1 nitrogen and oxygen atoms in total. The number of benzene rings is 1. The third kappa shape index (κ3) is 5.21. The summed E-state index contributed by atoms with van der Waals surface area (Å²) in [6.45, 7) is 1.84. The van der Waals surface area contributed by atoms with Gasteiger partial charge in [0.15, 0.2) is 0 Å². The number of hydrogen-bond donors (Lipinski definition) is 1. The van der Waals surface area contributed by atoms with Crippen LogP contribution < -0.4 is 5.32 Å². The first kappa shape index (κ1) is 14.6. The van der Waals surface area contributed by atoms with Crippen LogP contribution in [0.3, 0.4) is 0 Å². The van der Waals surface area contributed by atoms with E-state index < -0.39 is 0 Å². The summed E-state index contributed by atoms with van der Waals surface area (Å²) >= 11 is 14.4. The van der Waals surface area contributed by atoms with Gasteiger partial charge in [0.05, 0.1) is 10.0 Å². The standard InChI is InChI=1S/C12H16Cl2IN/c13-11-6-4-5-10(12(11)14)9-16-8-3-1-2-7-15/h4-6,16H,1-3,7-9H2. The van der Waals surface area contributed by atoms with Crippen molar-refractivity contribution in [1.29, 1.82) is 0 Å². The number of halogens is 3. The maximum absolute atomic E-state index is 6.08. The normalized spacial score (nSPS) is 10.7. The second-order valence-corrected chi connectivity index (χ2v) is 5.50. The highest BCUT2D eigenvalue weighted by Gasteiger charge is 2.02. The maximum Gasteiger partial charge on any atom is 0.0637 e. The van der Waals surface area contributed by atoms with Gasteiger partial charge < -0.3 is 5.32 Å². The highest BCUT2D eigenvalue weighted by molar-refractivity contribution is 14.1. The van der Waals surface area contributed by atoms with E-state index in [1.54, 1.807) is 0 Å². The minimum Gasteiger partial charge on any atom is -0.313 e. The average Bonchev–Trinajstić information content (AvgIpc) is 2.29. The Morgan fingerprint density at radius 3 is 2.69 bits per heavy atom. The number of nitrogens with one attached hydrogen (secondary N) is 1. The van der Waals surface area contributed by atoms with Crippen molar-refractivity contribution in [3.8, 4) is 0 Å². The smallest absolute Gasteiger partial charge is 0.0637 e. The molecule has 0 bridgehead atoms. The van der Waals surface area contributed by atoms with Crippen molar-refractivity contribution in [1.82, 2.24) is 5.32 Å². The zero-order valence-corrected chi connectivity index (χ0v) is 12.8. The third-order valence-corrected chi connectivity index (χ3v) is 3.96. The number of unbranched alkanes of at least 4 members (excludes halogenated alkanes) is 2. The Kier molecular flexibility index (Phi) is 7.79. The van der Waals surface area contributed by atoms with Gasteiger partial charge in [0.2, 0.25) is 0 Å². The van der Waals surface area contributed by atoms with Gasteiger partial charge in [-0.15, -0.1) is 0 Å². The summed E-state index contributed by atoms with van der Waals surface area (Å²) in [4.78, 5) is 0. The van der Waals surface area contributed by atoms with E-state index in [1.165, 1.54) is 23.7 Å². The van der Waals surface area contributed by atoms with Crippen LogP contribution in [0.15, 0.2) is 18.2 Å². The van der Waals surface area contributed by atoms with Gasteiger partial charge in [0.1, 0.15) is 0 Å². The van der Waals surface area contributed by atoms with Gasteiger partial charge in [-0.05, 0) is 35.4 Å². The van der Waals surface area contributed by atoms with Crippen molar-refractivity contribution < 1.29 is 0 Å². The minimum absolute atomic E-state index is 0.630. The van der Waals surface area contributed by atoms with Crippen LogP contribution in [0.5, 0.6) is 0 Å². The summed E-state index contributed by atoms with van der Waals surface area (Å²) in [5, 5.41) is 4.68. The lowest BCUT2D eigenvalue weighted by Gasteiger charge is -2.07. The fourth-order valence-corrected chi connectivity index (χ4v) is 2.36. The molecule has 0 unspecified atom stereocenters. The molecule has 0 aromatic heterocycles. The Labute approximate surface area is 121 Å². The van der Waals surface area contributed by atoms with Crippen LogP contribution in [0.2, 0.25) is 10.0 Å². The summed E-state index contributed by atoms with van der Waals surface area (Å²) < 4.78 is 1.25. The zero-order chi connectivity index (χ0) is 11.8. The van der Waals surface area contributed by atoms with Gasteiger partial charge in [-0.25, -0.2) is 0 Å². The fourth-order valence-electron chi connectivity index (χ4n) is 1.43. The first-order valence-electron chi connectivity index (χ1n) is 5.45. The molecule has 0 aliphatic carbocycles. The lowest BCUT2D eigenvalue weighted by molar-refractivity contribution is 0.620. The summed E-state index contributed by atoms with van der Waals surface area (Å²) in [7, 11) is 0. The van der Waals surface area contributed by atoms with Crippen molar-refractivity contribution in [2.24, 2.45) is 0 Å². The van der Waals surface area contributed by atoms with E-state index in [0.29, 0.717) is 10.0 Å². The van der Waals surface area contributed by atoms with Gasteiger partial charge in [0, 0.05) is 6.54 Å². The van der Waals surface area contributed by atoms with Crippen LogP contribution in [-0.4, -0.2) is 11.0 Å². The molecule has 1 aromatic rings. The van der Waals surface area contributed by atoms with Gasteiger partial charge in [-0.1, -0.05) is 64.3 Å². The zero-order valence-electron chi connectivity index (χ0n) is 9.11. The topological polar surface area (TPSA) is 12.0 Å². The Balaban J connectivity index is 2.24. The first-order valence-corrected chi connectivity index (χ1v) is 7.73. The predicted octanol–water partition coefficient (Wildman–Crippen LogP) is 4.69. The number of alkyl halides is 1. The second kappa shape index (κ2) is 8.56. The van der Waals surface area contributed by atoms with Gasteiger partial charge in [-0.3, -0.25) is 0 Å². The van der Waals surface area contributed by atoms with Crippen LogP contribution in [0.25, 0.3) is 0 Å². The van der Waals surface area contributed by atoms with Crippen LogP contribution >= 0.6 is 45.8 Å². The molecule has 0 radical (unpaired) electrons. The van der Waals surface area contributed by atoms with Crippen LogP contribution in [0.4, 0.5) is 0 Å². The molecule has 0 saturated heterocycles. The van der Waals surface area contributed by atoms with Crippen molar-refractivity contribution in [3.05, 3.63) is 33.8 Å². The molecule has 1 N–H and O–H groups in total. The minimum atomic E-state index is 0.630. The van der Waals surface area contributed by atoms with Crippen molar-refractivity contribution in [3.63, 3.8) is 0 Å². The lowest BCUT2D eigenvalue weighted by atomic mass is 10.2. The highest BCUT2D eigenvalue weighted by atomic mass is 127. The van der Waals surface area contributed by atoms with E-state index in [2.05, 4.69) is 27.9 Å². The molecular weight excluding hydrogens is 356 g/mol. The van der Waals surface area contributed by atoms with Crippen LogP contribution in [0, 0.1) is 0 Å². The Morgan fingerprint density at radius 2 is 1.94 bits per heavy atom. The summed E-state index contributed by atoms with van der Waals surface area (Å²) in [6, 6.07) is 5.75. The second-order valence-electron chi connectivity index (χ2n) is 3.64. The third-order valence-electron chi connectivity index (χ3n) is 2.33. The van der Waals surface area contributed by atoms with Gasteiger partial charge in [-0.2, -0.15) is 0 Å². The lowest BCUT2D eigenvalue weighted by Crippen LogP contribution is -2.14. The number of hydrogen-bond acceptors (Lipinski definition) is 1. The molecule has 0 amide bonds. The van der Waals surface area contributed by atoms with Gasteiger partial charge in [0.25, 0.3) is 0 Å². The van der Waals surface area contributed by atoms with Crippen LogP contribution in [0.1, 0.15) is 24.8 Å². The Morgan fingerprint density at radius 1 is 1.12 bits per heavy atom. The summed E-state index contributed by atoms with van der Waals surface area (Å²) in [6.07, 6.45) is 3.82. The molecule has 0 saturated carbocycles. The van der Waals surface area contributed by atoms with E-state index in [9.17, 15) is 0 Å². The molecule has 0 aliphatic rings. The molecule has 0 heterocycles. The quantitative estimate of drug-likeness (QED) is 0.416. The molecular formula is C12H16Cl2IN. The van der Waals surface area contributed by atoms with Crippen LogP contribution in [-0.2, 0) is 6.54 Å². The van der Waals surface area contributed by atoms with Crippen molar-refractivity contribution >= 4 is 45.8 Å². The fraction of sp³-hybridized carbons (Fsp3) is 0.500. The molecule has 16 heavy (non-hydrogen) atoms. The van der Waals surface area contributed by atoms with E-state index in [-0.39, 0.29) is 0 Å². The maximum atomic E-state index is 6.08. The molecule has 1 aromatic carbocycles. The molecule has 1 rings (SSSR count).